The Balaban J connectivity index is 1.98. The predicted octanol–water partition coefficient (Wildman–Crippen LogP) is 1.36. The molecule has 2 heterocycles. The second-order valence-corrected chi connectivity index (χ2v) is 7.40. The highest BCUT2D eigenvalue weighted by Crippen LogP contribution is 2.22. The van der Waals surface area contributed by atoms with Crippen molar-refractivity contribution < 1.29 is 4.79 Å². The van der Waals surface area contributed by atoms with Gasteiger partial charge in [-0.3, -0.25) is 9.59 Å². The van der Waals surface area contributed by atoms with Crippen LogP contribution in [0.2, 0.25) is 0 Å². The van der Waals surface area contributed by atoms with Gasteiger partial charge >= 0.3 is 0 Å². The number of hydrogen-bond donors (Lipinski definition) is 1. The fraction of sp³-hybridized carbons (Fsp3) is 0.706. The summed E-state index contributed by atoms with van der Waals surface area (Å²) in [5.74, 6) is 1.47. The monoisotopic (exact) mass is 352 g/mol. The molecule has 0 spiro atoms. The minimum absolute atomic E-state index is 0.158. The molecule has 1 aliphatic heterocycles. The van der Waals surface area contributed by atoms with E-state index in [9.17, 15) is 9.59 Å². The zero-order chi connectivity index (χ0) is 17.5. The number of aromatic nitrogens is 2. The molecule has 2 atom stereocenters. The second kappa shape index (κ2) is 9.22. The normalized spacial score (nSPS) is 21.1. The molecule has 1 amide bonds. The van der Waals surface area contributed by atoms with E-state index in [1.54, 1.807) is 7.05 Å². The summed E-state index contributed by atoms with van der Waals surface area (Å²) in [6, 6.07) is 3.04. The van der Waals surface area contributed by atoms with Gasteiger partial charge in [0.25, 0.3) is 11.5 Å². The van der Waals surface area contributed by atoms with Crippen LogP contribution in [0.15, 0.2) is 16.9 Å². The van der Waals surface area contributed by atoms with Crippen LogP contribution in [0, 0.1) is 5.92 Å². The van der Waals surface area contributed by atoms with Crippen molar-refractivity contribution in [3.05, 3.63) is 28.2 Å². The van der Waals surface area contributed by atoms with E-state index in [2.05, 4.69) is 28.5 Å². The minimum atomic E-state index is -0.212. The molecule has 2 rings (SSSR count). The smallest absolute Gasteiger partial charge is 0.271 e. The molecule has 1 N–H and O–H groups in total. The van der Waals surface area contributed by atoms with E-state index in [0.29, 0.717) is 11.6 Å². The standard InChI is InChI=1S/C17H28N4O2S/c1-4-6-13-11-21(9-5-10-24-3)12-15(13)18-17(23)14-7-8-16(22)20(2)19-14/h7-8,13,15H,4-6,9-12H2,1-3H3,(H,18,23)/t13-,15-/m1/s1. The average molecular weight is 353 g/mol. The molecular formula is C17H28N4O2S. The van der Waals surface area contributed by atoms with Crippen LogP contribution < -0.4 is 10.9 Å². The zero-order valence-electron chi connectivity index (χ0n) is 14.8. The van der Waals surface area contributed by atoms with Gasteiger partial charge < -0.3 is 10.2 Å². The Labute approximate surface area is 148 Å². The average Bonchev–Trinajstić information content (AvgIpc) is 2.92. The van der Waals surface area contributed by atoms with Crippen LogP contribution in [0.4, 0.5) is 0 Å². The van der Waals surface area contributed by atoms with Crippen LogP contribution in [0.25, 0.3) is 0 Å². The molecule has 0 bridgehead atoms. The second-order valence-electron chi connectivity index (χ2n) is 6.42. The summed E-state index contributed by atoms with van der Waals surface area (Å²) >= 11 is 1.87. The van der Waals surface area contributed by atoms with Gasteiger partial charge in [-0.15, -0.1) is 0 Å². The SMILES string of the molecule is CCC[C@@H]1CN(CCCSC)C[C@H]1NC(=O)c1ccc(=O)n(C)n1. The summed E-state index contributed by atoms with van der Waals surface area (Å²) in [5, 5.41) is 7.17. The quantitative estimate of drug-likeness (QED) is 0.716. The highest BCUT2D eigenvalue weighted by atomic mass is 32.2. The number of nitrogens with one attached hydrogen (secondary N) is 1. The maximum atomic E-state index is 12.5. The topological polar surface area (TPSA) is 67.2 Å². The molecule has 1 aromatic heterocycles. The lowest BCUT2D eigenvalue weighted by molar-refractivity contribution is 0.0921. The number of nitrogens with zero attached hydrogens (tertiary/aromatic N) is 3. The Morgan fingerprint density at radius 2 is 2.21 bits per heavy atom. The van der Waals surface area contributed by atoms with Crippen molar-refractivity contribution in [1.82, 2.24) is 20.0 Å². The van der Waals surface area contributed by atoms with Gasteiger partial charge in [0.15, 0.2) is 0 Å². The van der Waals surface area contributed by atoms with Crippen molar-refractivity contribution in [1.29, 1.82) is 0 Å². The van der Waals surface area contributed by atoms with Crippen LogP contribution in [-0.4, -0.2) is 58.3 Å². The fourth-order valence-corrected chi connectivity index (χ4v) is 3.69. The maximum absolute atomic E-state index is 12.5. The van der Waals surface area contributed by atoms with Gasteiger partial charge in [0.2, 0.25) is 0 Å². The van der Waals surface area contributed by atoms with Crippen molar-refractivity contribution >= 4 is 17.7 Å². The summed E-state index contributed by atoms with van der Waals surface area (Å²) in [5.41, 5.74) is 0.0874. The van der Waals surface area contributed by atoms with Crippen molar-refractivity contribution in [2.24, 2.45) is 13.0 Å². The number of likely N-dealkylation sites (tertiary alicyclic amines) is 1. The van der Waals surface area contributed by atoms with E-state index in [4.69, 9.17) is 0 Å². The van der Waals surface area contributed by atoms with Gasteiger partial charge in [-0.2, -0.15) is 16.9 Å². The highest BCUT2D eigenvalue weighted by Gasteiger charge is 2.33. The number of carbonyl (C=O) groups is 1. The van der Waals surface area contributed by atoms with Crippen LogP contribution >= 0.6 is 11.8 Å². The van der Waals surface area contributed by atoms with Crippen molar-refractivity contribution in [3.63, 3.8) is 0 Å². The summed E-state index contributed by atoms with van der Waals surface area (Å²) in [4.78, 5) is 26.3. The Morgan fingerprint density at radius 1 is 1.42 bits per heavy atom. The lowest BCUT2D eigenvalue weighted by Gasteiger charge is -2.19. The van der Waals surface area contributed by atoms with Crippen molar-refractivity contribution in [2.75, 3.05) is 31.6 Å². The molecule has 0 aromatic carbocycles. The Kier molecular flexibility index (Phi) is 7.30. The third kappa shape index (κ3) is 5.08. The highest BCUT2D eigenvalue weighted by molar-refractivity contribution is 7.98. The summed E-state index contributed by atoms with van der Waals surface area (Å²) in [6.07, 6.45) is 5.55. The minimum Gasteiger partial charge on any atom is -0.346 e. The largest absolute Gasteiger partial charge is 0.346 e. The van der Waals surface area contributed by atoms with Gasteiger partial charge in [-0.25, -0.2) is 4.68 Å². The predicted molar refractivity (Wildman–Crippen MR) is 98.6 cm³/mol. The van der Waals surface area contributed by atoms with Crippen LogP contribution in [-0.2, 0) is 7.05 Å². The molecule has 24 heavy (non-hydrogen) atoms. The van der Waals surface area contributed by atoms with E-state index in [-0.39, 0.29) is 17.5 Å². The van der Waals surface area contributed by atoms with E-state index < -0.39 is 0 Å². The lowest BCUT2D eigenvalue weighted by atomic mass is 9.98. The molecule has 7 heteroatoms. The Morgan fingerprint density at radius 3 is 2.88 bits per heavy atom. The van der Waals surface area contributed by atoms with E-state index >= 15 is 0 Å². The number of carbonyl (C=O) groups excluding carboxylic acids is 1. The molecule has 6 nitrogen and oxygen atoms in total. The lowest BCUT2D eigenvalue weighted by Crippen LogP contribution is -2.41. The number of aryl methyl sites for hydroxylation is 1. The molecule has 1 saturated heterocycles. The first kappa shape index (κ1) is 19.0. The Hall–Kier alpha value is -1.34. The zero-order valence-corrected chi connectivity index (χ0v) is 15.6. The van der Waals surface area contributed by atoms with Gasteiger partial charge in [0.1, 0.15) is 5.69 Å². The van der Waals surface area contributed by atoms with E-state index in [0.717, 1.165) is 32.5 Å². The van der Waals surface area contributed by atoms with E-state index in [1.165, 1.54) is 29.0 Å². The fourth-order valence-electron chi connectivity index (χ4n) is 3.27. The Bertz CT molecular complexity index is 604. The third-order valence-corrected chi connectivity index (χ3v) is 5.21. The molecule has 0 saturated carbocycles. The molecule has 0 aliphatic carbocycles. The molecule has 0 radical (unpaired) electrons. The number of rotatable bonds is 8. The molecule has 1 aromatic rings. The van der Waals surface area contributed by atoms with Crippen molar-refractivity contribution in [3.8, 4) is 0 Å². The molecule has 0 unspecified atom stereocenters. The molecule has 134 valence electrons. The first-order chi connectivity index (χ1) is 11.5. The van der Waals surface area contributed by atoms with Crippen molar-refractivity contribution in [2.45, 2.75) is 32.2 Å². The molecule has 1 fully saturated rings. The summed E-state index contributed by atoms with van der Waals surface area (Å²) < 4.78 is 1.20. The first-order valence-electron chi connectivity index (χ1n) is 8.61. The van der Waals surface area contributed by atoms with E-state index in [1.807, 2.05) is 11.8 Å². The van der Waals surface area contributed by atoms with Crippen LogP contribution in [0.5, 0.6) is 0 Å². The number of hydrogen-bond acceptors (Lipinski definition) is 5. The van der Waals surface area contributed by atoms with Gasteiger partial charge in [-0.05, 0) is 43.4 Å². The summed E-state index contributed by atoms with van der Waals surface area (Å²) in [7, 11) is 1.56. The van der Waals surface area contributed by atoms with Crippen LogP contribution in [0.1, 0.15) is 36.7 Å². The van der Waals surface area contributed by atoms with Gasteiger partial charge in [-0.1, -0.05) is 13.3 Å². The number of amides is 1. The summed E-state index contributed by atoms with van der Waals surface area (Å²) in [6.45, 7) is 5.22. The third-order valence-electron chi connectivity index (χ3n) is 4.51. The maximum Gasteiger partial charge on any atom is 0.271 e. The molecule has 1 aliphatic rings. The van der Waals surface area contributed by atoms with Crippen LogP contribution in [0.3, 0.4) is 0 Å². The van der Waals surface area contributed by atoms with Gasteiger partial charge in [0, 0.05) is 32.2 Å². The molecular weight excluding hydrogens is 324 g/mol. The van der Waals surface area contributed by atoms with Gasteiger partial charge in [0.05, 0.1) is 0 Å². The first-order valence-corrected chi connectivity index (χ1v) is 10.0. The number of thioether (sulfide) groups is 1.